The van der Waals surface area contributed by atoms with Crippen molar-refractivity contribution < 1.29 is 4.74 Å². The average Bonchev–Trinajstić information content (AvgIpc) is 2.45. The van der Waals surface area contributed by atoms with Crippen LogP contribution in [0.1, 0.15) is 109 Å². The number of rotatable bonds is 12. The molecule has 4 unspecified atom stereocenters. The fourth-order valence-electron chi connectivity index (χ4n) is 4.47. The van der Waals surface area contributed by atoms with Crippen molar-refractivity contribution in [2.24, 2.45) is 34.5 Å². The van der Waals surface area contributed by atoms with Crippen molar-refractivity contribution in [3.63, 3.8) is 0 Å². The molecule has 152 valence electrons. The van der Waals surface area contributed by atoms with E-state index in [1.165, 1.54) is 12.8 Å². The van der Waals surface area contributed by atoms with Gasteiger partial charge in [0, 0.05) is 0 Å². The van der Waals surface area contributed by atoms with Crippen LogP contribution >= 0.6 is 0 Å². The first kappa shape index (κ1) is 25.0. The Balaban J connectivity index is 5.64. The van der Waals surface area contributed by atoms with Crippen LogP contribution in [0.5, 0.6) is 0 Å². The zero-order chi connectivity index (χ0) is 20.0. The van der Waals surface area contributed by atoms with Gasteiger partial charge in [-0.15, -0.1) is 0 Å². The third kappa shape index (κ3) is 8.02. The van der Waals surface area contributed by atoms with Crippen LogP contribution in [0.2, 0.25) is 0 Å². The lowest BCUT2D eigenvalue weighted by molar-refractivity contribution is -0.159. The first-order chi connectivity index (χ1) is 11.3. The number of ether oxygens (including phenoxy) is 1. The van der Waals surface area contributed by atoms with E-state index in [0.29, 0.717) is 24.0 Å². The van der Waals surface area contributed by atoms with E-state index >= 15 is 0 Å². The second-order valence-corrected chi connectivity index (χ2v) is 10.9. The zero-order valence-corrected chi connectivity index (χ0v) is 19.7. The molecule has 1 heteroatoms. The van der Waals surface area contributed by atoms with Crippen LogP contribution in [0.3, 0.4) is 0 Å². The highest BCUT2D eigenvalue weighted by atomic mass is 16.5. The molecule has 25 heavy (non-hydrogen) atoms. The SMILES string of the molecule is CCC(C)(C)C(OC(C(C)CC(C)C)C(C)(C)CC)C(C)CC(C)C. The van der Waals surface area contributed by atoms with E-state index in [1.54, 1.807) is 0 Å². The third-order valence-electron chi connectivity index (χ3n) is 6.38. The molecule has 0 aromatic carbocycles. The molecule has 0 aromatic rings. The van der Waals surface area contributed by atoms with Crippen molar-refractivity contribution in [3.8, 4) is 0 Å². The van der Waals surface area contributed by atoms with Crippen molar-refractivity contribution in [1.29, 1.82) is 0 Å². The molecular formula is C24H50O. The summed E-state index contributed by atoms with van der Waals surface area (Å²) in [7, 11) is 0. The van der Waals surface area contributed by atoms with E-state index in [0.717, 1.165) is 24.7 Å². The van der Waals surface area contributed by atoms with Gasteiger partial charge >= 0.3 is 0 Å². The Bertz CT molecular complexity index is 319. The highest BCUT2D eigenvalue weighted by molar-refractivity contribution is 4.89. The second kappa shape index (κ2) is 10.3. The van der Waals surface area contributed by atoms with E-state index < -0.39 is 0 Å². The lowest BCUT2D eigenvalue weighted by Gasteiger charge is -2.46. The van der Waals surface area contributed by atoms with Gasteiger partial charge in [-0.2, -0.15) is 0 Å². The number of hydrogen-bond acceptors (Lipinski definition) is 1. The monoisotopic (exact) mass is 354 g/mol. The minimum Gasteiger partial charge on any atom is -0.373 e. The maximum Gasteiger partial charge on any atom is 0.0655 e. The Labute approximate surface area is 160 Å². The highest BCUT2D eigenvalue weighted by Gasteiger charge is 2.41. The minimum absolute atomic E-state index is 0.216. The van der Waals surface area contributed by atoms with Gasteiger partial charge in [0.15, 0.2) is 0 Å². The van der Waals surface area contributed by atoms with E-state index in [4.69, 9.17) is 4.74 Å². The fourth-order valence-corrected chi connectivity index (χ4v) is 4.47. The Morgan fingerprint density at radius 2 is 0.880 bits per heavy atom. The van der Waals surface area contributed by atoms with Gasteiger partial charge in [0.1, 0.15) is 0 Å². The summed E-state index contributed by atoms with van der Waals surface area (Å²) in [6.45, 7) is 28.4. The Kier molecular flexibility index (Phi) is 10.3. The third-order valence-corrected chi connectivity index (χ3v) is 6.38. The smallest absolute Gasteiger partial charge is 0.0655 e. The van der Waals surface area contributed by atoms with Gasteiger partial charge in [-0.3, -0.25) is 0 Å². The predicted molar refractivity (Wildman–Crippen MR) is 114 cm³/mol. The minimum atomic E-state index is 0.216. The van der Waals surface area contributed by atoms with E-state index in [-0.39, 0.29) is 10.8 Å². The molecule has 0 fully saturated rings. The maximum atomic E-state index is 7.09. The van der Waals surface area contributed by atoms with Crippen LogP contribution in [-0.2, 0) is 4.74 Å². The second-order valence-electron chi connectivity index (χ2n) is 10.9. The molecule has 0 rings (SSSR count). The van der Waals surface area contributed by atoms with Crippen LogP contribution in [0, 0.1) is 34.5 Å². The van der Waals surface area contributed by atoms with Crippen molar-refractivity contribution >= 4 is 0 Å². The zero-order valence-electron chi connectivity index (χ0n) is 19.7. The molecule has 0 amide bonds. The summed E-state index contributed by atoms with van der Waals surface area (Å²) in [4.78, 5) is 0. The van der Waals surface area contributed by atoms with Crippen molar-refractivity contribution in [1.82, 2.24) is 0 Å². The van der Waals surface area contributed by atoms with Gasteiger partial charge in [-0.05, 0) is 60.2 Å². The Morgan fingerprint density at radius 3 is 1.08 bits per heavy atom. The highest BCUT2D eigenvalue weighted by Crippen LogP contribution is 2.41. The molecule has 0 aliphatic heterocycles. The lowest BCUT2D eigenvalue weighted by atomic mass is 9.73. The van der Waals surface area contributed by atoms with E-state index in [9.17, 15) is 0 Å². The predicted octanol–water partition coefficient (Wildman–Crippen LogP) is 7.98. The molecule has 0 aromatic heterocycles. The molecule has 0 spiro atoms. The molecule has 0 aliphatic rings. The standard InChI is InChI=1S/C24H50O/c1-13-23(9,10)21(19(7)15-17(3)4)25-22(24(11,12)14-2)20(8)16-18(5)6/h17-22H,13-16H2,1-12H3. The van der Waals surface area contributed by atoms with Gasteiger partial charge < -0.3 is 4.74 Å². The fraction of sp³-hybridized carbons (Fsp3) is 1.00. The summed E-state index contributed by atoms with van der Waals surface area (Å²) in [6.07, 6.45) is 5.46. The van der Waals surface area contributed by atoms with Crippen LogP contribution in [0.4, 0.5) is 0 Å². The Morgan fingerprint density at radius 1 is 0.600 bits per heavy atom. The molecule has 0 aliphatic carbocycles. The quantitative estimate of drug-likeness (QED) is 0.345. The van der Waals surface area contributed by atoms with Crippen molar-refractivity contribution in [2.45, 2.75) is 121 Å². The van der Waals surface area contributed by atoms with Gasteiger partial charge in [-0.1, -0.05) is 83.1 Å². The molecule has 0 saturated heterocycles. The maximum absolute atomic E-state index is 7.09. The average molecular weight is 355 g/mol. The van der Waals surface area contributed by atoms with Crippen molar-refractivity contribution in [2.75, 3.05) is 0 Å². The molecule has 0 heterocycles. The van der Waals surface area contributed by atoms with Gasteiger partial charge in [-0.25, -0.2) is 0 Å². The van der Waals surface area contributed by atoms with Crippen LogP contribution < -0.4 is 0 Å². The molecular weight excluding hydrogens is 304 g/mol. The van der Waals surface area contributed by atoms with Gasteiger partial charge in [0.25, 0.3) is 0 Å². The largest absolute Gasteiger partial charge is 0.373 e. The van der Waals surface area contributed by atoms with Crippen LogP contribution in [-0.4, -0.2) is 12.2 Å². The summed E-state index contributed by atoms with van der Waals surface area (Å²) in [5, 5.41) is 0. The molecule has 0 saturated carbocycles. The summed E-state index contributed by atoms with van der Waals surface area (Å²) in [6, 6.07) is 0. The normalized spacial score (nSPS) is 18.5. The molecule has 0 bridgehead atoms. The molecule has 1 nitrogen and oxygen atoms in total. The summed E-state index contributed by atoms with van der Waals surface area (Å²) in [5.41, 5.74) is 0.432. The van der Waals surface area contributed by atoms with Gasteiger partial charge in [0.05, 0.1) is 12.2 Å². The molecule has 4 atom stereocenters. The van der Waals surface area contributed by atoms with E-state index in [1.807, 2.05) is 0 Å². The van der Waals surface area contributed by atoms with Crippen molar-refractivity contribution in [3.05, 3.63) is 0 Å². The lowest BCUT2D eigenvalue weighted by Crippen LogP contribution is -2.47. The van der Waals surface area contributed by atoms with Crippen LogP contribution in [0.25, 0.3) is 0 Å². The van der Waals surface area contributed by atoms with Gasteiger partial charge in [0.2, 0.25) is 0 Å². The number of hydrogen-bond donors (Lipinski definition) is 0. The van der Waals surface area contributed by atoms with Crippen LogP contribution in [0.15, 0.2) is 0 Å². The first-order valence-corrected chi connectivity index (χ1v) is 10.9. The summed E-state index contributed by atoms with van der Waals surface area (Å²) in [5.74, 6) is 2.63. The molecule has 0 N–H and O–H groups in total. The Hall–Kier alpha value is -0.0400. The summed E-state index contributed by atoms with van der Waals surface area (Å²) < 4.78 is 7.09. The summed E-state index contributed by atoms with van der Waals surface area (Å²) >= 11 is 0. The topological polar surface area (TPSA) is 9.23 Å². The molecule has 0 radical (unpaired) electrons. The first-order valence-electron chi connectivity index (χ1n) is 10.9. The van der Waals surface area contributed by atoms with E-state index in [2.05, 4.69) is 83.1 Å².